The van der Waals surface area contributed by atoms with E-state index in [1.165, 1.54) is 28.7 Å². The topological polar surface area (TPSA) is 80.3 Å². The number of methoxy groups -OCH3 is 1. The molecule has 8 heteroatoms. The second-order valence-electron chi connectivity index (χ2n) is 7.83. The van der Waals surface area contributed by atoms with Gasteiger partial charge in [0, 0.05) is 26.6 Å². The summed E-state index contributed by atoms with van der Waals surface area (Å²) in [5.74, 6) is 0.645. The largest absolute Gasteiger partial charge is 0.497 e. The Kier molecular flexibility index (Phi) is 7.84. The summed E-state index contributed by atoms with van der Waals surface area (Å²) in [6, 6.07) is 22.5. The summed E-state index contributed by atoms with van der Waals surface area (Å²) in [7, 11) is 1.58. The van der Waals surface area contributed by atoms with Gasteiger partial charge in [0.25, 0.3) is 5.91 Å². The molecule has 6 nitrogen and oxygen atoms in total. The van der Waals surface area contributed by atoms with Crippen LogP contribution in [0.4, 0.5) is 10.8 Å². The lowest BCUT2D eigenvalue weighted by Crippen LogP contribution is -2.13. The Morgan fingerprint density at radius 1 is 0.914 bits per heavy atom. The Morgan fingerprint density at radius 2 is 1.60 bits per heavy atom. The molecule has 0 aliphatic rings. The molecule has 0 radical (unpaired) electrons. The molecular weight excluding hydrogens is 478 g/mol. The SMILES string of the molecule is COc1ccc(C(=O)Nc2ccc(SCC(=O)Nc3nc(-c4ccc(C)cc4)c(C)s3)cc2)cc1. The molecule has 0 fully saturated rings. The highest BCUT2D eigenvalue weighted by molar-refractivity contribution is 8.00. The number of amides is 2. The lowest BCUT2D eigenvalue weighted by Gasteiger charge is -2.07. The van der Waals surface area contributed by atoms with Gasteiger partial charge in [-0.25, -0.2) is 4.98 Å². The maximum Gasteiger partial charge on any atom is 0.255 e. The van der Waals surface area contributed by atoms with Crippen LogP contribution in [0.15, 0.2) is 77.7 Å². The molecule has 2 amide bonds. The number of ether oxygens (including phenoxy) is 1. The Balaban J connectivity index is 1.29. The highest BCUT2D eigenvalue weighted by atomic mass is 32.2. The predicted octanol–water partition coefficient (Wildman–Crippen LogP) is 6.42. The van der Waals surface area contributed by atoms with Crippen molar-refractivity contribution >= 4 is 45.7 Å². The second kappa shape index (κ2) is 11.2. The number of aryl methyl sites for hydroxylation is 2. The number of carbonyl (C=O) groups excluding carboxylic acids is 2. The second-order valence-corrected chi connectivity index (χ2v) is 10.1. The minimum Gasteiger partial charge on any atom is -0.497 e. The Bertz CT molecular complexity index is 1320. The third-order valence-corrected chi connectivity index (χ3v) is 7.10. The van der Waals surface area contributed by atoms with E-state index in [9.17, 15) is 9.59 Å². The highest BCUT2D eigenvalue weighted by Crippen LogP contribution is 2.31. The van der Waals surface area contributed by atoms with Crippen molar-refractivity contribution in [2.45, 2.75) is 18.7 Å². The van der Waals surface area contributed by atoms with Gasteiger partial charge >= 0.3 is 0 Å². The van der Waals surface area contributed by atoms with Crippen molar-refractivity contribution in [1.82, 2.24) is 4.98 Å². The van der Waals surface area contributed by atoms with Crippen LogP contribution in [0, 0.1) is 13.8 Å². The van der Waals surface area contributed by atoms with E-state index in [-0.39, 0.29) is 17.6 Å². The molecule has 0 saturated heterocycles. The van der Waals surface area contributed by atoms with E-state index in [4.69, 9.17) is 4.74 Å². The molecule has 4 aromatic rings. The molecule has 0 spiro atoms. The molecule has 1 aromatic heterocycles. The number of carbonyl (C=O) groups is 2. The molecular formula is C27H25N3O3S2. The fraction of sp³-hybridized carbons (Fsp3) is 0.148. The zero-order valence-electron chi connectivity index (χ0n) is 19.6. The summed E-state index contributed by atoms with van der Waals surface area (Å²) in [5, 5.41) is 6.37. The van der Waals surface area contributed by atoms with Crippen LogP contribution in [0.5, 0.6) is 5.75 Å². The number of thiazole rings is 1. The van der Waals surface area contributed by atoms with E-state index in [1.807, 2.05) is 50.2 Å². The molecule has 0 saturated carbocycles. The third kappa shape index (κ3) is 6.49. The first-order valence-corrected chi connectivity index (χ1v) is 12.7. The molecule has 0 bridgehead atoms. The standard InChI is InChI=1S/C27H25N3O3S2/c1-17-4-6-19(7-5-17)25-18(2)35-27(30-25)29-24(31)16-34-23-14-10-21(11-15-23)28-26(32)20-8-12-22(33-3)13-9-20/h4-15H,16H2,1-3H3,(H,28,32)(H,29,30,31). The average Bonchev–Trinajstić information content (AvgIpc) is 3.23. The maximum atomic E-state index is 12.5. The van der Waals surface area contributed by atoms with Crippen molar-refractivity contribution in [1.29, 1.82) is 0 Å². The van der Waals surface area contributed by atoms with Gasteiger partial charge in [0.2, 0.25) is 5.91 Å². The molecule has 4 rings (SSSR count). The zero-order chi connectivity index (χ0) is 24.8. The van der Waals surface area contributed by atoms with Gasteiger partial charge in [-0.3, -0.25) is 9.59 Å². The minimum atomic E-state index is -0.198. The first-order chi connectivity index (χ1) is 16.9. The number of hydrogen-bond acceptors (Lipinski definition) is 6. The summed E-state index contributed by atoms with van der Waals surface area (Å²) in [5.41, 5.74) is 4.36. The van der Waals surface area contributed by atoms with Crippen molar-refractivity contribution in [3.63, 3.8) is 0 Å². The quantitative estimate of drug-likeness (QED) is 0.271. The van der Waals surface area contributed by atoms with E-state index in [1.54, 1.807) is 31.4 Å². The molecule has 0 aliphatic carbocycles. The Hall–Kier alpha value is -3.62. The lowest BCUT2D eigenvalue weighted by atomic mass is 10.1. The van der Waals surface area contributed by atoms with Crippen LogP contribution in [0.3, 0.4) is 0 Å². The number of thioether (sulfide) groups is 1. The minimum absolute atomic E-state index is 0.115. The van der Waals surface area contributed by atoms with Crippen molar-refractivity contribution in [3.8, 4) is 17.0 Å². The third-order valence-electron chi connectivity index (χ3n) is 5.20. The Labute approximate surface area is 212 Å². The number of benzene rings is 3. The number of hydrogen-bond donors (Lipinski definition) is 2. The number of anilines is 2. The van der Waals surface area contributed by atoms with Crippen LogP contribution in [-0.2, 0) is 4.79 Å². The predicted molar refractivity (Wildman–Crippen MR) is 144 cm³/mol. The number of nitrogens with one attached hydrogen (secondary N) is 2. The highest BCUT2D eigenvalue weighted by Gasteiger charge is 2.13. The van der Waals surface area contributed by atoms with Crippen molar-refractivity contribution in [3.05, 3.63) is 88.8 Å². The summed E-state index contributed by atoms with van der Waals surface area (Å²) < 4.78 is 5.12. The number of nitrogens with zero attached hydrogens (tertiary/aromatic N) is 1. The fourth-order valence-electron chi connectivity index (χ4n) is 3.31. The van der Waals surface area contributed by atoms with E-state index < -0.39 is 0 Å². The van der Waals surface area contributed by atoms with E-state index in [2.05, 4.69) is 27.8 Å². The normalized spacial score (nSPS) is 10.6. The summed E-state index contributed by atoms with van der Waals surface area (Å²) in [4.78, 5) is 31.5. The average molecular weight is 504 g/mol. The van der Waals surface area contributed by atoms with Gasteiger partial charge < -0.3 is 15.4 Å². The van der Waals surface area contributed by atoms with Gasteiger partial charge in [-0.2, -0.15) is 0 Å². The van der Waals surface area contributed by atoms with Crippen LogP contribution >= 0.6 is 23.1 Å². The van der Waals surface area contributed by atoms with E-state index in [0.29, 0.717) is 22.1 Å². The number of rotatable bonds is 8. The first kappa shape index (κ1) is 24.5. The molecule has 3 aromatic carbocycles. The van der Waals surface area contributed by atoms with Crippen molar-refractivity contribution < 1.29 is 14.3 Å². The van der Waals surface area contributed by atoms with Gasteiger partial charge in [-0.05, 0) is 62.4 Å². The molecule has 35 heavy (non-hydrogen) atoms. The number of aromatic nitrogens is 1. The van der Waals surface area contributed by atoms with Crippen LogP contribution in [-0.4, -0.2) is 29.7 Å². The first-order valence-electron chi connectivity index (χ1n) is 10.9. The molecule has 1 heterocycles. The van der Waals surface area contributed by atoms with E-state index in [0.717, 1.165) is 21.0 Å². The van der Waals surface area contributed by atoms with E-state index >= 15 is 0 Å². The van der Waals surface area contributed by atoms with Crippen LogP contribution in [0.1, 0.15) is 20.8 Å². The van der Waals surface area contributed by atoms with Crippen LogP contribution < -0.4 is 15.4 Å². The van der Waals surface area contributed by atoms with Crippen LogP contribution in [0.2, 0.25) is 0 Å². The van der Waals surface area contributed by atoms with Gasteiger partial charge in [-0.15, -0.1) is 23.1 Å². The maximum absolute atomic E-state index is 12.5. The summed E-state index contributed by atoms with van der Waals surface area (Å²) >= 11 is 2.89. The summed E-state index contributed by atoms with van der Waals surface area (Å²) in [6.07, 6.45) is 0. The van der Waals surface area contributed by atoms with Crippen LogP contribution in [0.25, 0.3) is 11.3 Å². The monoisotopic (exact) mass is 503 g/mol. The van der Waals surface area contributed by atoms with Gasteiger partial charge in [0.1, 0.15) is 5.75 Å². The molecule has 0 aliphatic heterocycles. The molecule has 0 atom stereocenters. The van der Waals surface area contributed by atoms with Gasteiger partial charge in [0.15, 0.2) is 5.13 Å². The fourth-order valence-corrected chi connectivity index (χ4v) is 4.86. The molecule has 0 unspecified atom stereocenters. The summed E-state index contributed by atoms with van der Waals surface area (Å²) in [6.45, 7) is 4.05. The van der Waals surface area contributed by atoms with Crippen molar-refractivity contribution in [2.75, 3.05) is 23.5 Å². The van der Waals surface area contributed by atoms with Gasteiger partial charge in [0.05, 0.1) is 18.6 Å². The molecule has 178 valence electrons. The van der Waals surface area contributed by atoms with Crippen molar-refractivity contribution in [2.24, 2.45) is 0 Å². The van der Waals surface area contributed by atoms with Gasteiger partial charge in [-0.1, -0.05) is 29.8 Å². The lowest BCUT2D eigenvalue weighted by molar-refractivity contribution is -0.113. The zero-order valence-corrected chi connectivity index (χ0v) is 21.3. The molecule has 2 N–H and O–H groups in total. The smallest absolute Gasteiger partial charge is 0.255 e. The Morgan fingerprint density at radius 3 is 2.26 bits per heavy atom.